The second kappa shape index (κ2) is 6.38. The molecule has 0 saturated heterocycles. The Bertz CT molecular complexity index is 529. The summed E-state index contributed by atoms with van der Waals surface area (Å²) in [5.41, 5.74) is 1.94. The summed E-state index contributed by atoms with van der Waals surface area (Å²) in [7, 11) is 0. The monoisotopic (exact) mass is 262 g/mol. The van der Waals surface area contributed by atoms with E-state index in [1.165, 1.54) is 11.6 Å². The van der Waals surface area contributed by atoms with Gasteiger partial charge >= 0.3 is 0 Å². The summed E-state index contributed by atoms with van der Waals surface area (Å²) in [6, 6.07) is 7.90. The first-order valence-corrected chi connectivity index (χ1v) is 6.24. The van der Waals surface area contributed by atoms with Crippen LogP contribution in [0.3, 0.4) is 0 Å². The number of hydrogen-bond donors (Lipinski definition) is 1. The van der Waals surface area contributed by atoms with Gasteiger partial charge in [-0.1, -0.05) is 6.07 Å². The van der Waals surface area contributed by atoms with Crippen LogP contribution in [0.15, 0.2) is 42.7 Å². The number of benzene rings is 1. The van der Waals surface area contributed by atoms with Crippen LogP contribution in [0.25, 0.3) is 0 Å². The predicted molar refractivity (Wildman–Crippen MR) is 70.7 cm³/mol. The average molecular weight is 262 g/mol. The number of nitrogens with zero attached hydrogens (tertiary/aromatic N) is 1. The number of nitrogens with one attached hydrogen (secondary N) is 1. The summed E-state index contributed by atoms with van der Waals surface area (Å²) in [6.45, 7) is 2.70. The van der Waals surface area contributed by atoms with Crippen LogP contribution in [-0.2, 0) is 6.42 Å². The first-order valence-electron chi connectivity index (χ1n) is 6.24. The molecule has 2 aromatic rings. The van der Waals surface area contributed by atoms with Gasteiger partial charge in [0.05, 0.1) is 0 Å². The molecule has 0 spiro atoms. The van der Waals surface area contributed by atoms with E-state index in [0.717, 1.165) is 24.6 Å². The van der Waals surface area contributed by atoms with Crippen molar-refractivity contribution in [3.8, 4) is 0 Å². The summed E-state index contributed by atoms with van der Waals surface area (Å²) in [5, 5.41) is 3.28. The lowest BCUT2D eigenvalue weighted by molar-refractivity contribution is 0.501. The highest BCUT2D eigenvalue weighted by Crippen LogP contribution is 2.15. The molecule has 2 nitrogen and oxygen atoms in total. The molecule has 2 rings (SSSR count). The Labute approximate surface area is 111 Å². The van der Waals surface area contributed by atoms with Crippen LogP contribution in [0.5, 0.6) is 0 Å². The minimum atomic E-state index is -0.812. The van der Waals surface area contributed by atoms with E-state index in [4.69, 9.17) is 0 Å². The highest BCUT2D eigenvalue weighted by Gasteiger charge is 2.08. The molecule has 0 aliphatic rings. The highest BCUT2D eigenvalue weighted by molar-refractivity contribution is 5.20. The van der Waals surface area contributed by atoms with Gasteiger partial charge in [-0.25, -0.2) is 8.78 Å². The Kier molecular flexibility index (Phi) is 4.58. The first-order chi connectivity index (χ1) is 9.16. The Balaban J connectivity index is 1.87. The number of rotatable bonds is 5. The fraction of sp³-hybridized carbons (Fsp3) is 0.267. The van der Waals surface area contributed by atoms with Crippen molar-refractivity contribution in [2.24, 2.45) is 0 Å². The molecule has 1 heterocycles. The van der Waals surface area contributed by atoms with Crippen molar-refractivity contribution in [3.05, 3.63) is 65.5 Å². The van der Waals surface area contributed by atoms with Crippen LogP contribution >= 0.6 is 0 Å². The zero-order chi connectivity index (χ0) is 13.7. The Morgan fingerprint density at radius 2 is 1.84 bits per heavy atom. The number of pyridine rings is 1. The lowest BCUT2D eigenvalue weighted by Crippen LogP contribution is -2.21. The van der Waals surface area contributed by atoms with Gasteiger partial charge in [0.1, 0.15) is 0 Å². The smallest absolute Gasteiger partial charge is 0.159 e. The normalized spacial score (nSPS) is 12.4. The van der Waals surface area contributed by atoms with Crippen molar-refractivity contribution in [1.82, 2.24) is 10.3 Å². The molecule has 1 N–H and O–H groups in total. The van der Waals surface area contributed by atoms with E-state index in [2.05, 4.69) is 10.3 Å². The molecule has 100 valence electrons. The SMILES string of the molecule is CC(NCCc1ccncc1)c1ccc(F)c(F)c1. The fourth-order valence-electron chi connectivity index (χ4n) is 1.88. The molecule has 0 amide bonds. The van der Waals surface area contributed by atoms with Gasteiger partial charge < -0.3 is 5.32 Å². The van der Waals surface area contributed by atoms with Gasteiger partial charge in [0.2, 0.25) is 0 Å². The van der Waals surface area contributed by atoms with Gasteiger partial charge in [0.25, 0.3) is 0 Å². The Morgan fingerprint density at radius 1 is 1.11 bits per heavy atom. The zero-order valence-corrected chi connectivity index (χ0v) is 10.7. The first kappa shape index (κ1) is 13.6. The lowest BCUT2D eigenvalue weighted by Gasteiger charge is -2.14. The summed E-state index contributed by atoms with van der Waals surface area (Å²) < 4.78 is 26.0. The third-order valence-corrected chi connectivity index (χ3v) is 3.06. The van der Waals surface area contributed by atoms with Crippen molar-refractivity contribution in [3.63, 3.8) is 0 Å². The second-order valence-corrected chi connectivity index (χ2v) is 4.45. The maximum absolute atomic E-state index is 13.1. The maximum Gasteiger partial charge on any atom is 0.159 e. The highest BCUT2D eigenvalue weighted by atomic mass is 19.2. The van der Waals surface area contributed by atoms with Crippen molar-refractivity contribution in [2.75, 3.05) is 6.54 Å². The van der Waals surface area contributed by atoms with E-state index in [-0.39, 0.29) is 6.04 Å². The summed E-state index contributed by atoms with van der Waals surface area (Å²) >= 11 is 0. The lowest BCUT2D eigenvalue weighted by atomic mass is 10.1. The third-order valence-electron chi connectivity index (χ3n) is 3.06. The molecular formula is C15H16F2N2. The second-order valence-electron chi connectivity index (χ2n) is 4.45. The van der Waals surface area contributed by atoms with Crippen LogP contribution in [-0.4, -0.2) is 11.5 Å². The van der Waals surface area contributed by atoms with Crippen LogP contribution in [0.2, 0.25) is 0 Å². The van der Waals surface area contributed by atoms with Gasteiger partial charge in [0.15, 0.2) is 11.6 Å². The Hall–Kier alpha value is -1.81. The molecule has 0 saturated carbocycles. The Morgan fingerprint density at radius 3 is 2.53 bits per heavy atom. The molecule has 0 aliphatic heterocycles. The van der Waals surface area contributed by atoms with Crippen molar-refractivity contribution in [1.29, 1.82) is 0 Å². The molecule has 0 radical (unpaired) electrons. The van der Waals surface area contributed by atoms with E-state index in [1.807, 2.05) is 19.1 Å². The topological polar surface area (TPSA) is 24.9 Å². The maximum atomic E-state index is 13.1. The summed E-state index contributed by atoms with van der Waals surface area (Å²) in [4.78, 5) is 3.96. The average Bonchev–Trinajstić information content (AvgIpc) is 2.43. The van der Waals surface area contributed by atoms with Crippen LogP contribution in [0.1, 0.15) is 24.1 Å². The standard InChI is InChI=1S/C15H16F2N2/c1-11(13-2-3-14(16)15(17)10-13)19-9-6-12-4-7-18-8-5-12/h2-5,7-8,10-11,19H,6,9H2,1H3. The molecule has 1 unspecified atom stereocenters. The van der Waals surface area contributed by atoms with E-state index >= 15 is 0 Å². The zero-order valence-electron chi connectivity index (χ0n) is 10.7. The van der Waals surface area contributed by atoms with E-state index < -0.39 is 11.6 Å². The van der Waals surface area contributed by atoms with E-state index in [0.29, 0.717) is 0 Å². The van der Waals surface area contributed by atoms with Gasteiger partial charge in [-0.2, -0.15) is 0 Å². The van der Waals surface area contributed by atoms with Gasteiger partial charge in [-0.05, 0) is 55.3 Å². The summed E-state index contributed by atoms with van der Waals surface area (Å²) in [5.74, 6) is -1.62. The van der Waals surface area contributed by atoms with Gasteiger partial charge in [-0.15, -0.1) is 0 Å². The largest absolute Gasteiger partial charge is 0.310 e. The van der Waals surface area contributed by atoms with E-state index in [1.54, 1.807) is 18.5 Å². The number of hydrogen-bond acceptors (Lipinski definition) is 2. The third kappa shape index (κ3) is 3.83. The molecule has 19 heavy (non-hydrogen) atoms. The molecule has 0 fully saturated rings. The quantitative estimate of drug-likeness (QED) is 0.894. The van der Waals surface area contributed by atoms with Crippen LogP contribution in [0.4, 0.5) is 8.78 Å². The van der Waals surface area contributed by atoms with Gasteiger partial charge in [0, 0.05) is 18.4 Å². The molecule has 1 atom stereocenters. The molecule has 1 aromatic heterocycles. The van der Waals surface area contributed by atoms with Crippen LogP contribution in [0, 0.1) is 11.6 Å². The van der Waals surface area contributed by atoms with Crippen molar-refractivity contribution < 1.29 is 8.78 Å². The fourth-order valence-corrected chi connectivity index (χ4v) is 1.88. The van der Waals surface area contributed by atoms with Crippen molar-refractivity contribution >= 4 is 0 Å². The molecule has 0 bridgehead atoms. The summed E-state index contributed by atoms with van der Waals surface area (Å²) in [6.07, 6.45) is 4.39. The number of halogens is 2. The number of aromatic nitrogens is 1. The van der Waals surface area contributed by atoms with Gasteiger partial charge in [-0.3, -0.25) is 4.98 Å². The molecule has 1 aromatic carbocycles. The minimum absolute atomic E-state index is 0.0167. The molecule has 4 heteroatoms. The predicted octanol–water partition coefficient (Wildman–Crippen LogP) is 3.25. The van der Waals surface area contributed by atoms with E-state index in [9.17, 15) is 8.78 Å². The minimum Gasteiger partial charge on any atom is -0.310 e. The van der Waals surface area contributed by atoms with Crippen LogP contribution < -0.4 is 5.32 Å². The molecule has 0 aliphatic carbocycles. The molecular weight excluding hydrogens is 246 g/mol. The van der Waals surface area contributed by atoms with Crippen molar-refractivity contribution in [2.45, 2.75) is 19.4 Å².